The van der Waals surface area contributed by atoms with Gasteiger partial charge < -0.3 is 15.4 Å². The Labute approximate surface area is 117 Å². The number of hydrogen-bond acceptors (Lipinski definition) is 4. The van der Waals surface area contributed by atoms with Gasteiger partial charge in [-0.3, -0.25) is 9.59 Å². The van der Waals surface area contributed by atoms with E-state index in [-0.39, 0.29) is 30.4 Å². The molecular formula is C14H19FN2O3. The molecule has 0 saturated heterocycles. The smallest absolute Gasteiger partial charge is 0.307 e. The molecule has 5 nitrogen and oxygen atoms in total. The number of esters is 1. The molecule has 6 heteroatoms. The Kier molecular flexibility index (Phi) is 7.27. The minimum absolute atomic E-state index is 0.170. The summed E-state index contributed by atoms with van der Waals surface area (Å²) in [4.78, 5) is 22.6. The Bertz CT molecular complexity index is 452. The van der Waals surface area contributed by atoms with Gasteiger partial charge in [0.2, 0.25) is 5.91 Å². The van der Waals surface area contributed by atoms with Gasteiger partial charge in [-0.25, -0.2) is 4.39 Å². The van der Waals surface area contributed by atoms with E-state index in [2.05, 4.69) is 10.6 Å². The average molecular weight is 282 g/mol. The molecule has 0 spiro atoms. The maximum absolute atomic E-state index is 13.3. The second-order valence-corrected chi connectivity index (χ2v) is 4.08. The van der Waals surface area contributed by atoms with Crippen LogP contribution < -0.4 is 10.6 Å². The van der Waals surface area contributed by atoms with Crippen LogP contribution in [0.4, 0.5) is 10.1 Å². The quantitative estimate of drug-likeness (QED) is 0.562. The van der Waals surface area contributed by atoms with Crippen molar-refractivity contribution in [1.29, 1.82) is 0 Å². The molecule has 20 heavy (non-hydrogen) atoms. The lowest BCUT2D eigenvalue weighted by atomic mass is 10.3. The zero-order valence-corrected chi connectivity index (χ0v) is 11.4. The number of anilines is 1. The monoisotopic (exact) mass is 282 g/mol. The molecule has 1 aromatic rings. The van der Waals surface area contributed by atoms with Crippen LogP contribution in [-0.2, 0) is 14.3 Å². The molecule has 110 valence electrons. The fourth-order valence-corrected chi connectivity index (χ4v) is 1.53. The van der Waals surface area contributed by atoms with Gasteiger partial charge in [-0.2, -0.15) is 0 Å². The number of para-hydroxylation sites is 1. The second-order valence-electron chi connectivity index (χ2n) is 4.08. The molecule has 0 radical (unpaired) electrons. The molecule has 2 N–H and O–H groups in total. The van der Waals surface area contributed by atoms with Crippen LogP contribution >= 0.6 is 0 Å². The highest BCUT2D eigenvalue weighted by atomic mass is 19.1. The first kappa shape index (κ1) is 16.1. The number of rotatable bonds is 8. The topological polar surface area (TPSA) is 67.4 Å². The van der Waals surface area contributed by atoms with Crippen LogP contribution in [0.25, 0.3) is 0 Å². The van der Waals surface area contributed by atoms with Crippen LogP contribution in [0.3, 0.4) is 0 Å². The van der Waals surface area contributed by atoms with Crippen LogP contribution in [0, 0.1) is 5.82 Å². The minimum Gasteiger partial charge on any atom is -0.466 e. The lowest BCUT2D eigenvalue weighted by Gasteiger charge is -2.07. The predicted octanol–water partition coefficient (Wildman–Crippen LogP) is 1.70. The highest BCUT2D eigenvalue weighted by Crippen LogP contribution is 2.12. The van der Waals surface area contributed by atoms with Crippen LogP contribution in [-0.4, -0.2) is 31.6 Å². The molecule has 0 bridgehead atoms. The minimum atomic E-state index is -0.462. The van der Waals surface area contributed by atoms with Crippen LogP contribution in [0.5, 0.6) is 0 Å². The standard InChI is InChI=1S/C14H19FN2O3/c1-2-20-14(19)8-10-16-9-7-13(18)17-12-6-4-3-5-11(12)15/h3-6,16H,2,7-10H2,1H3,(H,17,18). The van der Waals surface area contributed by atoms with Gasteiger partial charge in [0.25, 0.3) is 0 Å². The fourth-order valence-electron chi connectivity index (χ4n) is 1.53. The lowest BCUT2D eigenvalue weighted by Crippen LogP contribution is -2.24. The molecule has 0 aliphatic carbocycles. The van der Waals surface area contributed by atoms with E-state index in [9.17, 15) is 14.0 Å². The highest BCUT2D eigenvalue weighted by Gasteiger charge is 2.06. The van der Waals surface area contributed by atoms with Gasteiger partial charge in [0, 0.05) is 19.5 Å². The molecule has 0 saturated carbocycles. The van der Waals surface area contributed by atoms with E-state index in [1.807, 2.05) is 0 Å². The fraction of sp³-hybridized carbons (Fsp3) is 0.429. The third-order valence-corrected chi connectivity index (χ3v) is 2.49. The zero-order chi connectivity index (χ0) is 14.8. The summed E-state index contributed by atoms with van der Waals surface area (Å²) in [6.45, 7) is 2.98. The summed E-state index contributed by atoms with van der Waals surface area (Å²) in [5.74, 6) is -1.01. The van der Waals surface area contributed by atoms with E-state index < -0.39 is 5.82 Å². The maximum atomic E-state index is 13.3. The van der Waals surface area contributed by atoms with E-state index in [1.54, 1.807) is 19.1 Å². The van der Waals surface area contributed by atoms with Crippen molar-refractivity contribution in [3.8, 4) is 0 Å². The molecule has 0 aromatic heterocycles. The molecular weight excluding hydrogens is 263 g/mol. The molecule has 0 unspecified atom stereocenters. The summed E-state index contributed by atoms with van der Waals surface area (Å²) < 4.78 is 18.0. The maximum Gasteiger partial charge on any atom is 0.307 e. The van der Waals surface area contributed by atoms with Crippen molar-refractivity contribution in [3.63, 3.8) is 0 Å². The van der Waals surface area contributed by atoms with Gasteiger partial charge in [-0.1, -0.05) is 12.1 Å². The van der Waals surface area contributed by atoms with Gasteiger partial charge in [-0.15, -0.1) is 0 Å². The van der Waals surface area contributed by atoms with Gasteiger partial charge in [0.15, 0.2) is 0 Å². The van der Waals surface area contributed by atoms with Crippen molar-refractivity contribution in [2.45, 2.75) is 19.8 Å². The first-order chi connectivity index (χ1) is 9.63. The molecule has 0 aliphatic heterocycles. The summed E-state index contributed by atoms with van der Waals surface area (Å²) >= 11 is 0. The van der Waals surface area contributed by atoms with Crippen molar-refractivity contribution in [3.05, 3.63) is 30.1 Å². The average Bonchev–Trinajstić information content (AvgIpc) is 2.41. The van der Waals surface area contributed by atoms with Gasteiger partial charge >= 0.3 is 5.97 Å². The third kappa shape index (κ3) is 6.29. The van der Waals surface area contributed by atoms with Crippen LogP contribution in [0.15, 0.2) is 24.3 Å². The molecule has 0 atom stereocenters. The van der Waals surface area contributed by atoms with Crippen molar-refractivity contribution < 1.29 is 18.7 Å². The Balaban J connectivity index is 2.15. The summed E-state index contributed by atoms with van der Waals surface area (Å²) in [7, 11) is 0. The van der Waals surface area contributed by atoms with Crippen molar-refractivity contribution in [1.82, 2.24) is 5.32 Å². The number of carbonyl (C=O) groups excluding carboxylic acids is 2. The normalized spacial score (nSPS) is 10.1. The molecule has 1 rings (SSSR count). The summed E-state index contributed by atoms with van der Waals surface area (Å²) in [5.41, 5.74) is 0.170. The summed E-state index contributed by atoms with van der Waals surface area (Å²) in [6.07, 6.45) is 0.472. The van der Waals surface area contributed by atoms with E-state index in [0.29, 0.717) is 19.7 Å². The van der Waals surface area contributed by atoms with Gasteiger partial charge in [-0.05, 0) is 19.1 Å². The van der Waals surface area contributed by atoms with Crippen molar-refractivity contribution in [2.75, 3.05) is 25.0 Å². The van der Waals surface area contributed by atoms with Gasteiger partial charge in [0.05, 0.1) is 18.7 Å². The molecule has 0 aliphatic rings. The largest absolute Gasteiger partial charge is 0.466 e. The molecule has 1 amide bonds. The van der Waals surface area contributed by atoms with Crippen LogP contribution in [0.2, 0.25) is 0 Å². The van der Waals surface area contributed by atoms with Crippen molar-refractivity contribution >= 4 is 17.6 Å². The Morgan fingerprint density at radius 2 is 1.90 bits per heavy atom. The van der Waals surface area contributed by atoms with Gasteiger partial charge in [0.1, 0.15) is 5.82 Å². The third-order valence-electron chi connectivity index (χ3n) is 2.49. The molecule has 0 heterocycles. The van der Waals surface area contributed by atoms with E-state index in [4.69, 9.17) is 4.74 Å². The SMILES string of the molecule is CCOC(=O)CCNCCC(=O)Nc1ccccc1F. The number of hydrogen-bond donors (Lipinski definition) is 2. The first-order valence-corrected chi connectivity index (χ1v) is 6.54. The number of benzene rings is 1. The molecule has 0 fully saturated rings. The number of amides is 1. The number of nitrogens with one attached hydrogen (secondary N) is 2. The first-order valence-electron chi connectivity index (χ1n) is 6.54. The van der Waals surface area contributed by atoms with E-state index >= 15 is 0 Å². The molecule has 1 aromatic carbocycles. The van der Waals surface area contributed by atoms with E-state index in [0.717, 1.165) is 0 Å². The Morgan fingerprint density at radius 3 is 2.60 bits per heavy atom. The lowest BCUT2D eigenvalue weighted by molar-refractivity contribution is -0.142. The summed E-state index contributed by atoms with van der Waals surface area (Å²) in [6, 6.07) is 5.99. The van der Waals surface area contributed by atoms with Crippen molar-refractivity contribution in [2.24, 2.45) is 0 Å². The Morgan fingerprint density at radius 1 is 1.20 bits per heavy atom. The predicted molar refractivity (Wildman–Crippen MR) is 73.8 cm³/mol. The summed E-state index contributed by atoms with van der Waals surface area (Å²) in [5, 5.41) is 5.44. The number of halogens is 1. The van der Waals surface area contributed by atoms with E-state index in [1.165, 1.54) is 12.1 Å². The number of ether oxygens (including phenoxy) is 1. The van der Waals surface area contributed by atoms with Crippen LogP contribution in [0.1, 0.15) is 19.8 Å². The highest BCUT2D eigenvalue weighted by molar-refractivity contribution is 5.90. The second kappa shape index (κ2) is 9.03. The number of carbonyl (C=O) groups is 2. The zero-order valence-electron chi connectivity index (χ0n) is 11.4. The Hall–Kier alpha value is -1.95.